The van der Waals surface area contributed by atoms with Gasteiger partial charge in [-0.3, -0.25) is 9.69 Å². The molecule has 4 rings (SSSR count). The lowest BCUT2D eigenvalue weighted by molar-refractivity contribution is -0.121. The number of nitrogens with zero attached hydrogens (tertiary/aromatic N) is 1. The highest BCUT2D eigenvalue weighted by molar-refractivity contribution is 5.96. The van der Waals surface area contributed by atoms with Crippen LogP contribution in [-0.4, -0.2) is 31.0 Å². The summed E-state index contributed by atoms with van der Waals surface area (Å²) in [4.78, 5) is 15.1. The second-order valence-electron chi connectivity index (χ2n) is 8.09. The van der Waals surface area contributed by atoms with Crippen molar-refractivity contribution in [2.75, 3.05) is 25.5 Å². The first-order chi connectivity index (χ1) is 15.5. The molecule has 0 aliphatic carbocycles. The fraction of sp³-hybridized carbons (Fsp3) is 0.269. The first-order valence-electron chi connectivity index (χ1n) is 10.7. The van der Waals surface area contributed by atoms with Crippen molar-refractivity contribution in [3.8, 4) is 16.9 Å². The fourth-order valence-electron chi connectivity index (χ4n) is 4.18. The van der Waals surface area contributed by atoms with Gasteiger partial charge in [0.2, 0.25) is 5.91 Å². The first-order valence-corrected chi connectivity index (χ1v) is 10.7. The van der Waals surface area contributed by atoms with Gasteiger partial charge in [0.05, 0.1) is 7.11 Å². The quantitative estimate of drug-likeness (QED) is 0.556. The summed E-state index contributed by atoms with van der Waals surface area (Å²) in [5, 5.41) is 3.10. The number of nitrogens with one attached hydrogen (secondary N) is 1. The molecule has 4 nitrogen and oxygen atoms in total. The monoisotopic (exact) mass is 436 g/mol. The zero-order chi connectivity index (χ0) is 22.5. The van der Waals surface area contributed by atoms with Crippen LogP contribution >= 0.6 is 0 Å². The number of carbonyl (C=O) groups excluding carboxylic acids is 1. The number of halogens is 2. The van der Waals surface area contributed by atoms with E-state index in [9.17, 15) is 13.6 Å². The fourth-order valence-corrected chi connectivity index (χ4v) is 4.18. The van der Waals surface area contributed by atoms with Gasteiger partial charge in [-0.2, -0.15) is 0 Å². The molecule has 0 saturated carbocycles. The number of carbonyl (C=O) groups is 1. The summed E-state index contributed by atoms with van der Waals surface area (Å²) in [6.45, 7) is 1.88. The molecule has 0 radical (unpaired) electrons. The molecule has 3 aromatic carbocycles. The van der Waals surface area contributed by atoms with E-state index in [4.69, 9.17) is 4.74 Å². The van der Waals surface area contributed by atoms with Crippen molar-refractivity contribution < 1.29 is 18.3 Å². The number of methoxy groups -OCH3 is 1. The number of amides is 1. The average molecular weight is 437 g/mol. The predicted molar refractivity (Wildman–Crippen MR) is 121 cm³/mol. The van der Waals surface area contributed by atoms with Crippen LogP contribution in [-0.2, 0) is 11.3 Å². The van der Waals surface area contributed by atoms with Crippen LogP contribution < -0.4 is 10.1 Å². The molecule has 1 fully saturated rings. The Morgan fingerprint density at radius 1 is 1.00 bits per heavy atom. The third-order valence-electron chi connectivity index (χ3n) is 5.85. The molecule has 1 aliphatic rings. The zero-order valence-corrected chi connectivity index (χ0v) is 18.0. The Labute approximate surface area is 186 Å². The highest BCUT2D eigenvalue weighted by Crippen LogP contribution is 2.31. The molecular formula is C26H26F2N2O2. The molecule has 0 bridgehead atoms. The third kappa shape index (κ3) is 5.32. The number of hydrogen-bond donors (Lipinski definition) is 1. The van der Waals surface area contributed by atoms with Crippen LogP contribution in [0, 0.1) is 17.6 Å². The van der Waals surface area contributed by atoms with Crippen LogP contribution in [0.3, 0.4) is 0 Å². The van der Waals surface area contributed by atoms with Crippen molar-refractivity contribution in [2.45, 2.75) is 19.4 Å². The maximum Gasteiger partial charge on any atom is 0.227 e. The highest BCUT2D eigenvalue weighted by atomic mass is 19.1. The summed E-state index contributed by atoms with van der Waals surface area (Å²) in [7, 11) is 1.63. The molecule has 3 aromatic rings. The average Bonchev–Trinajstić information content (AvgIpc) is 2.79. The summed E-state index contributed by atoms with van der Waals surface area (Å²) < 4.78 is 32.2. The van der Waals surface area contributed by atoms with Crippen molar-refractivity contribution in [1.82, 2.24) is 4.90 Å². The summed E-state index contributed by atoms with van der Waals surface area (Å²) in [6, 6.07) is 19.1. The molecule has 1 aliphatic heterocycles. The van der Waals surface area contributed by atoms with E-state index in [2.05, 4.69) is 10.2 Å². The Bertz CT molecular complexity index is 1070. The molecule has 0 spiro atoms. The number of anilines is 1. The number of para-hydroxylation sites is 1. The maximum absolute atomic E-state index is 13.4. The number of benzene rings is 3. The van der Waals surface area contributed by atoms with E-state index in [0.717, 1.165) is 28.6 Å². The van der Waals surface area contributed by atoms with Crippen LogP contribution in [0.2, 0.25) is 0 Å². The van der Waals surface area contributed by atoms with Gasteiger partial charge in [0, 0.05) is 29.8 Å². The smallest absolute Gasteiger partial charge is 0.227 e. The SMILES string of the molecule is COc1cccc(-c2ccccc2NC(=O)C2CCN(Cc3cc(F)cc(F)c3)CC2)c1. The normalized spacial score (nSPS) is 14.8. The largest absolute Gasteiger partial charge is 0.497 e. The van der Waals surface area contributed by atoms with E-state index in [1.54, 1.807) is 7.11 Å². The predicted octanol–water partition coefficient (Wildman–Crippen LogP) is 5.49. The van der Waals surface area contributed by atoms with Crippen molar-refractivity contribution in [2.24, 2.45) is 5.92 Å². The van der Waals surface area contributed by atoms with Crippen LogP contribution in [0.5, 0.6) is 5.75 Å². The summed E-state index contributed by atoms with van der Waals surface area (Å²) >= 11 is 0. The standard InChI is InChI=1S/C26H26F2N2O2/c1-32-23-6-4-5-20(15-23)24-7-2-3-8-25(24)29-26(31)19-9-11-30(12-10-19)17-18-13-21(27)16-22(28)14-18/h2-8,13-16,19H,9-12,17H2,1H3,(H,29,31). The van der Waals surface area contributed by atoms with Crippen molar-refractivity contribution >= 4 is 11.6 Å². The van der Waals surface area contributed by atoms with Gasteiger partial charge in [0.1, 0.15) is 17.4 Å². The summed E-state index contributed by atoms with van der Waals surface area (Å²) in [6.07, 6.45) is 1.40. The van der Waals surface area contributed by atoms with Gasteiger partial charge in [-0.15, -0.1) is 0 Å². The van der Waals surface area contributed by atoms with E-state index in [1.165, 1.54) is 12.1 Å². The lowest BCUT2D eigenvalue weighted by Crippen LogP contribution is -2.37. The molecule has 1 heterocycles. The highest BCUT2D eigenvalue weighted by Gasteiger charge is 2.25. The van der Waals surface area contributed by atoms with E-state index >= 15 is 0 Å². The molecule has 0 unspecified atom stereocenters. The summed E-state index contributed by atoms with van der Waals surface area (Å²) in [5.41, 5.74) is 3.28. The number of piperidine rings is 1. The minimum atomic E-state index is -0.566. The van der Waals surface area contributed by atoms with Gasteiger partial charge in [-0.05, 0) is 67.4 Å². The number of rotatable bonds is 6. The Kier molecular flexibility index (Phi) is 6.81. The van der Waals surface area contributed by atoms with Crippen LogP contribution in [0.1, 0.15) is 18.4 Å². The molecule has 166 valence electrons. The van der Waals surface area contributed by atoms with Gasteiger partial charge < -0.3 is 10.1 Å². The molecule has 32 heavy (non-hydrogen) atoms. The molecule has 0 atom stereocenters. The van der Waals surface area contributed by atoms with Crippen molar-refractivity contribution in [3.63, 3.8) is 0 Å². The minimum absolute atomic E-state index is 0.00297. The summed E-state index contributed by atoms with van der Waals surface area (Å²) in [5.74, 6) is -0.479. The third-order valence-corrected chi connectivity index (χ3v) is 5.85. The lowest BCUT2D eigenvalue weighted by Gasteiger charge is -2.31. The Hall–Kier alpha value is -3.25. The Balaban J connectivity index is 1.38. The molecule has 6 heteroatoms. The topological polar surface area (TPSA) is 41.6 Å². The van der Waals surface area contributed by atoms with Gasteiger partial charge >= 0.3 is 0 Å². The van der Waals surface area contributed by atoms with Gasteiger partial charge in [-0.25, -0.2) is 8.78 Å². The van der Waals surface area contributed by atoms with Gasteiger partial charge in [-0.1, -0.05) is 30.3 Å². The number of hydrogen-bond acceptors (Lipinski definition) is 3. The van der Waals surface area contributed by atoms with E-state index in [0.29, 0.717) is 38.0 Å². The lowest BCUT2D eigenvalue weighted by atomic mass is 9.95. The second-order valence-corrected chi connectivity index (χ2v) is 8.09. The van der Waals surface area contributed by atoms with E-state index in [-0.39, 0.29) is 11.8 Å². The molecule has 1 saturated heterocycles. The maximum atomic E-state index is 13.4. The molecule has 1 N–H and O–H groups in total. The Morgan fingerprint density at radius 2 is 1.72 bits per heavy atom. The molecular weight excluding hydrogens is 410 g/mol. The first kappa shape index (κ1) is 22.0. The molecule has 1 amide bonds. The van der Waals surface area contributed by atoms with E-state index < -0.39 is 11.6 Å². The van der Waals surface area contributed by atoms with E-state index in [1.807, 2.05) is 48.5 Å². The Morgan fingerprint density at radius 3 is 2.44 bits per heavy atom. The van der Waals surface area contributed by atoms with Crippen molar-refractivity contribution in [1.29, 1.82) is 0 Å². The zero-order valence-electron chi connectivity index (χ0n) is 18.0. The van der Waals surface area contributed by atoms with Gasteiger partial charge in [0.25, 0.3) is 0 Å². The number of likely N-dealkylation sites (tertiary alicyclic amines) is 1. The minimum Gasteiger partial charge on any atom is -0.497 e. The number of ether oxygens (including phenoxy) is 1. The second kappa shape index (κ2) is 9.92. The van der Waals surface area contributed by atoms with Crippen LogP contribution in [0.25, 0.3) is 11.1 Å². The van der Waals surface area contributed by atoms with Crippen molar-refractivity contribution in [3.05, 3.63) is 83.9 Å². The van der Waals surface area contributed by atoms with Crippen LogP contribution in [0.4, 0.5) is 14.5 Å². The van der Waals surface area contributed by atoms with Crippen LogP contribution in [0.15, 0.2) is 66.7 Å². The van der Waals surface area contributed by atoms with Gasteiger partial charge in [0.15, 0.2) is 0 Å². The molecule has 0 aromatic heterocycles.